The summed E-state index contributed by atoms with van der Waals surface area (Å²) in [5.41, 5.74) is 2.28. The van der Waals surface area contributed by atoms with Crippen LogP contribution >= 0.6 is 0 Å². The van der Waals surface area contributed by atoms with Crippen LogP contribution in [-0.4, -0.2) is 12.4 Å². The molecule has 0 atom stereocenters. The Kier molecular flexibility index (Phi) is 3.08. The van der Waals surface area contributed by atoms with E-state index >= 15 is 0 Å². The Bertz CT molecular complexity index is 732. The molecule has 0 saturated heterocycles. The molecule has 0 aromatic heterocycles. The second kappa shape index (κ2) is 4.69. The van der Waals surface area contributed by atoms with Crippen LogP contribution in [0.2, 0.25) is 0 Å². The van der Waals surface area contributed by atoms with Crippen molar-refractivity contribution in [1.82, 2.24) is 0 Å². The molecule has 0 fully saturated rings. The van der Waals surface area contributed by atoms with Crippen molar-refractivity contribution in [2.75, 3.05) is 6.61 Å². The van der Waals surface area contributed by atoms with Gasteiger partial charge >= 0.3 is 0 Å². The van der Waals surface area contributed by atoms with Gasteiger partial charge in [0.2, 0.25) is 0 Å². The Morgan fingerprint density at radius 1 is 1.19 bits per heavy atom. The summed E-state index contributed by atoms with van der Waals surface area (Å²) in [6.07, 6.45) is 0. The number of benzene rings is 2. The minimum Gasteiger partial charge on any atom is -0.492 e. The summed E-state index contributed by atoms with van der Waals surface area (Å²) < 4.78 is 19.6. The molecule has 2 aromatic rings. The second-order valence-corrected chi connectivity index (χ2v) is 6.20. The fourth-order valence-corrected chi connectivity index (χ4v) is 2.62. The Labute approximate surface area is 123 Å². The summed E-state index contributed by atoms with van der Waals surface area (Å²) in [5.74, 6) is 0.0370. The summed E-state index contributed by atoms with van der Waals surface area (Å²) in [4.78, 5) is 12.5. The summed E-state index contributed by atoms with van der Waals surface area (Å²) in [7, 11) is 0. The lowest BCUT2D eigenvalue weighted by molar-refractivity contribution is 0.103. The van der Waals surface area contributed by atoms with Gasteiger partial charge in [-0.05, 0) is 42.8 Å². The molecule has 0 amide bonds. The third kappa shape index (κ3) is 2.33. The number of ether oxygens (including phenoxy) is 1. The lowest BCUT2D eigenvalue weighted by atomic mass is 9.85. The van der Waals surface area contributed by atoms with Gasteiger partial charge in [-0.2, -0.15) is 0 Å². The Balaban J connectivity index is 2.03. The molecule has 1 aliphatic heterocycles. The first-order valence-electron chi connectivity index (χ1n) is 6.97. The number of ketones is 1. The second-order valence-electron chi connectivity index (χ2n) is 6.20. The number of carbonyl (C=O) groups is 1. The van der Waals surface area contributed by atoms with Crippen LogP contribution in [0.4, 0.5) is 4.39 Å². The highest BCUT2D eigenvalue weighted by Crippen LogP contribution is 2.39. The molecule has 108 valence electrons. The van der Waals surface area contributed by atoms with Gasteiger partial charge < -0.3 is 4.74 Å². The number of rotatable bonds is 2. The molecule has 0 aliphatic carbocycles. The van der Waals surface area contributed by atoms with E-state index in [1.807, 2.05) is 6.07 Å². The molecular weight excluding hydrogens is 267 g/mol. The highest BCUT2D eigenvalue weighted by atomic mass is 19.1. The van der Waals surface area contributed by atoms with Crippen LogP contribution in [0.5, 0.6) is 5.75 Å². The van der Waals surface area contributed by atoms with Gasteiger partial charge in [-0.15, -0.1) is 0 Å². The monoisotopic (exact) mass is 284 g/mol. The minimum absolute atomic E-state index is 0.109. The van der Waals surface area contributed by atoms with Crippen molar-refractivity contribution in [3.8, 4) is 5.75 Å². The minimum atomic E-state index is -0.476. The number of fused-ring (bicyclic) bond motifs is 1. The molecule has 0 N–H and O–H groups in total. The fraction of sp³-hybridized carbons (Fsp3) is 0.278. The zero-order valence-corrected chi connectivity index (χ0v) is 12.4. The van der Waals surface area contributed by atoms with E-state index in [4.69, 9.17) is 4.74 Å². The number of halogens is 1. The quantitative estimate of drug-likeness (QED) is 0.778. The number of hydrogen-bond acceptors (Lipinski definition) is 2. The van der Waals surface area contributed by atoms with Gasteiger partial charge in [0.15, 0.2) is 5.78 Å². The van der Waals surface area contributed by atoms with Crippen molar-refractivity contribution in [3.05, 3.63) is 64.5 Å². The summed E-state index contributed by atoms with van der Waals surface area (Å²) >= 11 is 0. The van der Waals surface area contributed by atoms with Crippen molar-refractivity contribution in [3.63, 3.8) is 0 Å². The van der Waals surface area contributed by atoms with Gasteiger partial charge in [-0.1, -0.05) is 19.9 Å². The zero-order valence-electron chi connectivity index (χ0n) is 12.4. The predicted molar refractivity (Wildman–Crippen MR) is 79.5 cm³/mol. The molecular formula is C18H17FO2. The van der Waals surface area contributed by atoms with E-state index < -0.39 is 5.82 Å². The molecule has 2 aromatic carbocycles. The first-order valence-corrected chi connectivity index (χ1v) is 6.97. The van der Waals surface area contributed by atoms with Crippen LogP contribution in [0, 0.1) is 12.7 Å². The largest absolute Gasteiger partial charge is 0.492 e. The first kappa shape index (κ1) is 13.8. The SMILES string of the molecule is Cc1ccc(C(=O)c2ccc3c(c2)C(C)(C)CO3)c(F)c1. The normalized spacial score (nSPS) is 15.4. The maximum absolute atomic E-state index is 14.0. The summed E-state index contributed by atoms with van der Waals surface area (Å²) in [5, 5.41) is 0. The van der Waals surface area contributed by atoms with E-state index in [9.17, 15) is 9.18 Å². The zero-order chi connectivity index (χ0) is 15.2. The molecule has 3 rings (SSSR count). The van der Waals surface area contributed by atoms with E-state index in [0.717, 1.165) is 16.9 Å². The van der Waals surface area contributed by atoms with Gasteiger partial charge in [-0.25, -0.2) is 4.39 Å². The molecule has 0 bridgehead atoms. The van der Waals surface area contributed by atoms with Gasteiger partial charge in [0.05, 0.1) is 12.2 Å². The van der Waals surface area contributed by atoms with Gasteiger partial charge in [0, 0.05) is 16.5 Å². The molecule has 21 heavy (non-hydrogen) atoms. The van der Waals surface area contributed by atoms with Crippen LogP contribution in [0.25, 0.3) is 0 Å². The lowest BCUT2D eigenvalue weighted by Gasteiger charge is -2.15. The Morgan fingerprint density at radius 3 is 2.67 bits per heavy atom. The van der Waals surface area contributed by atoms with Crippen molar-refractivity contribution in [2.24, 2.45) is 0 Å². The fourth-order valence-electron chi connectivity index (χ4n) is 2.62. The molecule has 0 spiro atoms. The van der Waals surface area contributed by atoms with Crippen LogP contribution in [-0.2, 0) is 5.41 Å². The van der Waals surface area contributed by atoms with Gasteiger partial charge in [-0.3, -0.25) is 4.79 Å². The lowest BCUT2D eigenvalue weighted by Crippen LogP contribution is -2.18. The molecule has 3 heteroatoms. The van der Waals surface area contributed by atoms with E-state index in [0.29, 0.717) is 12.2 Å². The van der Waals surface area contributed by atoms with Crippen LogP contribution in [0.1, 0.15) is 40.9 Å². The summed E-state index contributed by atoms with van der Waals surface area (Å²) in [6, 6.07) is 9.99. The van der Waals surface area contributed by atoms with E-state index in [1.165, 1.54) is 6.07 Å². The smallest absolute Gasteiger partial charge is 0.195 e. The average Bonchev–Trinajstić information content (AvgIpc) is 2.74. The number of aryl methyl sites for hydroxylation is 1. The van der Waals surface area contributed by atoms with E-state index in [-0.39, 0.29) is 16.8 Å². The molecule has 1 aliphatic rings. The maximum Gasteiger partial charge on any atom is 0.195 e. The highest BCUT2D eigenvalue weighted by Gasteiger charge is 2.32. The Hall–Kier alpha value is -2.16. The van der Waals surface area contributed by atoms with Crippen molar-refractivity contribution in [1.29, 1.82) is 0 Å². The van der Waals surface area contributed by atoms with Crippen LogP contribution in [0.3, 0.4) is 0 Å². The molecule has 0 saturated carbocycles. The molecule has 1 heterocycles. The van der Waals surface area contributed by atoms with E-state index in [1.54, 1.807) is 31.2 Å². The predicted octanol–water partition coefficient (Wildman–Crippen LogP) is 4.04. The van der Waals surface area contributed by atoms with Crippen molar-refractivity contribution < 1.29 is 13.9 Å². The third-order valence-corrected chi connectivity index (χ3v) is 3.93. The van der Waals surface area contributed by atoms with Crippen LogP contribution < -0.4 is 4.74 Å². The standard InChI is InChI=1S/C18H17FO2/c1-11-4-6-13(15(19)8-11)17(20)12-5-7-16-14(9-12)18(2,3)10-21-16/h4-9H,10H2,1-3H3. The topological polar surface area (TPSA) is 26.3 Å². The Morgan fingerprint density at radius 2 is 1.95 bits per heavy atom. The molecule has 0 radical (unpaired) electrons. The highest BCUT2D eigenvalue weighted by molar-refractivity contribution is 6.09. The average molecular weight is 284 g/mol. The first-order chi connectivity index (χ1) is 9.88. The van der Waals surface area contributed by atoms with Crippen LogP contribution in [0.15, 0.2) is 36.4 Å². The van der Waals surface area contributed by atoms with Gasteiger partial charge in [0.25, 0.3) is 0 Å². The number of hydrogen-bond donors (Lipinski definition) is 0. The maximum atomic E-state index is 14.0. The summed E-state index contributed by atoms with van der Waals surface area (Å²) in [6.45, 7) is 6.53. The number of carbonyl (C=O) groups excluding carboxylic acids is 1. The van der Waals surface area contributed by atoms with Gasteiger partial charge in [0.1, 0.15) is 11.6 Å². The molecule has 2 nitrogen and oxygen atoms in total. The van der Waals surface area contributed by atoms with E-state index in [2.05, 4.69) is 13.8 Å². The molecule has 0 unspecified atom stereocenters. The third-order valence-electron chi connectivity index (χ3n) is 3.93. The van der Waals surface area contributed by atoms with Crippen molar-refractivity contribution >= 4 is 5.78 Å². The van der Waals surface area contributed by atoms with Crippen molar-refractivity contribution in [2.45, 2.75) is 26.2 Å².